The van der Waals surface area contributed by atoms with E-state index in [2.05, 4.69) is 5.32 Å². The van der Waals surface area contributed by atoms with Gasteiger partial charge in [0.1, 0.15) is 0 Å². The Morgan fingerprint density at radius 3 is 2.24 bits per heavy atom. The van der Waals surface area contributed by atoms with Gasteiger partial charge in [-0.3, -0.25) is 4.79 Å². The highest BCUT2D eigenvalue weighted by atomic mass is 16.5. The summed E-state index contributed by atoms with van der Waals surface area (Å²) >= 11 is 0. The second-order valence-electron chi connectivity index (χ2n) is 5.94. The summed E-state index contributed by atoms with van der Waals surface area (Å²) in [6, 6.07) is 7.84. The molecule has 0 atom stereocenters. The normalized spacial score (nSPS) is 17.6. The summed E-state index contributed by atoms with van der Waals surface area (Å²) in [4.78, 5) is 12.1. The molecule has 2 aliphatic rings. The highest BCUT2D eigenvalue weighted by Gasteiger charge is 2.42. The van der Waals surface area contributed by atoms with E-state index in [9.17, 15) is 4.79 Å². The van der Waals surface area contributed by atoms with Crippen LogP contribution in [0.1, 0.15) is 32.6 Å². The monoisotopic (exact) mass is 289 g/mol. The van der Waals surface area contributed by atoms with Gasteiger partial charge in [-0.25, -0.2) is 0 Å². The van der Waals surface area contributed by atoms with Crippen molar-refractivity contribution in [2.75, 3.05) is 13.2 Å². The van der Waals surface area contributed by atoms with Crippen molar-refractivity contribution in [1.29, 1.82) is 0 Å². The van der Waals surface area contributed by atoms with E-state index in [1.165, 1.54) is 25.7 Å². The second kappa shape index (κ2) is 6.37. The van der Waals surface area contributed by atoms with Crippen LogP contribution in [0.5, 0.6) is 11.5 Å². The lowest BCUT2D eigenvalue weighted by atomic mass is 10.1. The number of ether oxygens (including phenoxy) is 2. The van der Waals surface area contributed by atoms with Crippen LogP contribution in [0.15, 0.2) is 24.3 Å². The summed E-state index contributed by atoms with van der Waals surface area (Å²) in [5.74, 6) is 2.71. The summed E-state index contributed by atoms with van der Waals surface area (Å²) in [5, 5.41) is 3.16. The van der Waals surface area contributed by atoms with Crippen LogP contribution in [0.4, 0.5) is 0 Å². The molecule has 0 aliphatic heterocycles. The highest BCUT2D eigenvalue weighted by molar-refractivity contribution is 5.78. The molecule has 0 radical (unpaired) electrons. The molecule has 1 aromatic rings. The lowest BCUT2D eigenvalue weighted by molar-refractivity contribution is -0.124. The number of rotatable bonds is 8. The Labute approximate surface area is 125 Å². The fourth-order valence-electron chi connectivity index (χ4n) is 2.75. The van der Waals surface area contributed by atoms with Gasteiger partial charge in [0.05, 0.1) is 6.61 Å². The molecule has 2 aliphatic carbocycles. The smallest absolute Gasteiger partial charge is 0.258 e. The number of hydrogen-bond donors (Lipinski definition) is 1. The van der Waals surface area contributed by atoms with Crippen LogP contribution in [0.25, 0.3) is 0 Å². The zero-order valence-corrected chi connectivity index (χ0v) is 12.5. The Kier molecular flexibility index (Phi) is 4.32. The predicted molar refractivity (Wildman–Crippen MR) is 80.5 cm³/mol. The Balaban J connectivity index is 1.51. The van der Waals surface area contributed by atoms with Gasteiger partial charge in [0.15, 0.2) is 18.1 Å². The molecular formula is C17H23NO3. The lowest BCUT2D eigenvalue weighted by Crippen LogP contribution is -2.40. The molecule has 114 valence electrons. The van der Waals surface area contributed by atoms with Gasteiger partial charge in [0.2, 0.25) is 0 Å². The van der Waals surface area contributed by atoms with Gasteiger partial charge in [-0.15, -0.1) is 0 Å². The van der Waals surface area contributed by atoms with E-state index in [0.29, 0.717) is 36.0 Å². The Morgan fingerprint density at radius 2 is 1.71 bits per heavy atom. The molecule has 0 unspecified atom stereocenters. The van der Waals surface area contributed by atoms with Gasteiger partial charge in [-0.1, -0.05) is 12.1 Å². The summed E-state index contributed by atoms with van der Waals surface area (Å²) in [5.41, 5.74) is 0. The Bertz CT molecular complexity index is 483. The number of para-hydroxylation sites is 2. The molecule has 2 saturated carbocycles. The first-order valence-corrected chi connectivity index (χ1v) is 7.92. The van der Waals surface area contributed by atoms with Crippen LogP contribution in [-0.2, 0) is 4.79 Å². The molecule has 21 heavy (non-hydrogen) atoms. The van der Waals surface area contributed by atoms with Crippen LogP contribution in [0.2, 0.25) is 0 Å². The average Bonchev–Trinajstić information content (AvgIpc) is 3.38. The third-order valence-electron chi connectivity index (χ3n) is 4.10. The first-order chi connectivity index (χ1) is 10.3. The third kappa shape index (κ3) is 3.90. The Morgan fingerprint density at radius 1 is 1.14 bits per heavy atom. The van der Waals surface area contributed by atoms with Gasteiger partial charge < -0.3 is 14.8 Å². The molecule has 0 aromatic heterocycles. The van der Waals surface area contributed by atoms with Crippen molar-refractivity contribution in [3.05, 3.63) is 24.3 Å². The van der Waals surface area contributed by atoms with Gasteiger partial charge in [0.25, 0.3) is 5.91 Å². The summed E-state index contributed by atoms with van der Waals surface area (Å²) < 4.78 is 11.1. The molecule has 1 aromatic carbocycles. The molecule has 1 N–H and O–H groups in total. The van der Waals surface area contributed by atoms with E-state index in [4.69, 9.17) is 9.47 Å². The van der Waals surface area contributed by atoms with Crippen molar-refractivity contribution < 1.29 is 14.3 Å². The van der Waals surface area contributed by atoms with Crippen molar-refractivity contribution in [3.8, 4) is 11.5 Å². The van der Waals surface area contributed by atoms with E-state index >= 15 is 0 Å². The zero-order chi connectivity index (χ0) is 14.7. The van der Waals surface area contributed by atoms with E-state index in [0.717, 1.165) is 0 Å². The molecule has 4 nitrogen and oxygen atoms in total. The van der Waals surface area contributed by atoms with E-state index in [1.807, 2.05) is 31.2 Å². The van der Waals surface area contributed by atoms with Crippen LogP contribution in [-0.4, -0.2) is 25.2 Å². The maximum Gasteiger partial charge on any atom is 0.258 e. The van der Waals surface area contributed by atoms with E-state index in [1.54, 1.807) is 0 Å². The summed E-state index contributed by atoms with van der Waals surface area (Å²) in [6.45, 7) is 2.57. The minimum absolute atomic E-state index is 0.0231. The molecular weight excluding hydrogens is 266 g/mol. The van der Waals surface area contributed by atoms with Gasteiger partial charge >= 0.3 is 0 Å². The van der Waals surface area contributed by atoms with Crippen molar-refractivity contribution in [2.45, 2.75) is 38.6 Å². The maximum atomic E-state index is 12.1. The number of carbonyl (C=O) groups excluding carboxylic acids is 1. The Hall–Kier alpha value is -1.71. The van der Waals surface area contributed by atoms with Crippen molar-refractivity contribution in [3.63, 3.8) is 0 Å². The quantitative estimate of drug-likeness (QED) is 0.800. The van der Waals surface area contributed by atoms with Gasteiger partial charge in [0, 0.05) is 6.04 Å². The second-order valence-corrected chi connectivity index (χ2v) is 5.94. The predicted octanol–water partition coefficient (Wildman–Crippen LogP) is 2.77. The van der Waals surface area contributed by atoms with E-state index < -0.39 is 0 Å². The van der Waals surface area contributed by atoms with Crippen LogP contribution in [0.3, 0.4) is 0 Å². The molecule has 3 rings (SSSR count). The minimum Gasteiger partial charge on any atom is -0.490 e. The van der Waals surface area contributed by atoms with Crippen molar-refractivity contribution in [2.24, 2.45) is 11.8 Å². The molecule has 0 bridgehead atoms. The van der Waals surface area contributed by atoms with Crippen LogP contribution >= 0.6 is 0 Å². The molecule has 1 amide bonds. The maximum absolute atomic E-state index is 12.1. The average molecular weight is 289 g/mol. The molecule has 4 heteroatoms. The zero-order valence-electron chi connectivity index (χ0n) is 12.5. The number of carbonyl (C=O) groups is 1. The third-order valence-corrected chi connectivity index (χ3v) is 4.10. The highest BCUT2D eigenvalue weighted by Crippen LogP contribution is 2.44. The minimum atomic E-state index is -0.0231. The SMILES string of the molecule is CCOc1ccccc1OCC(=O)NC(C1CC1)C1CC1. The lowest BCUT2D eigenvalue weighted by Gasteiger charge is -2.18. The standard InChI is InChI=1S/C17H23NO3/c1-2-20-14-5-3-4-6-15(14)21-11-16(19)18-17(12-7-8-12)13-9-10-13/h3-6,12-13,17H,2,7-11H2,1H3,(H,18,19). The number of nitrogens with one attached hydrogen (secondary N) is 1. The molecule has 0 heterocycles. The van der Waals surface area contributed by atoms with Gasteiger partial charge in [-0.05, 0) is 56.6 Å². The largest absolute Gasteiger partial charge is 0.490 e. The topological polar surface area (TPSA) is 47.6 Å². The summed E-state index contributed by atoms with van der Waals surface area (Å²) in [7, 11) is 0. The van der Waals surface area contributed by atoms with Crippen molar-refractivity contribution in [1.82, 2.24) is 5.32 Å². The fourth-order valence-corrected chi connectivity index (χ4v) is 2.75. The van der Waals surface area contributed by atoms with Crippen LogP contribution < -0.4 is 14.8 Å². The summed E-state index contributed by atoms with van der Waals surface area (Å²) in [6.07, 6.45) is 5.04. The number of amides is 1. The van der Waals surface area contributed by atoms with Gasteiger partial charge in [-0.2, -0.15) is 0 Å². The van der Waals surface area contributed by atoms with E-state index in [-0.39, 0.29) is 12.5 Å². The molecule has 2 fully saturated rings. The first kappa shape index (κ1) is 14.2. The fraction of sp³-hybridized carbons (Fsp3) is 0.588. The molecule has 0 spiro atoms. The molecule has 0 saturated heterocycles. The van der Waals surface area contributed by atoms with Crippen LogP contribution in [0, 0.1) is 11.8 Å². The number of hydrogen-bond acceptors (Lipinski definition) is 3. The van der Waals surface area contributed by atoms with Crippen molar-refractivity contribution >= 4 is 5.91 Å². The number of benzene rings is 1. The first-order valence-electron chi connectivity index (χ1n) is 7.92.